The number of hydrogen-bond acceptors (Lipinski definition) is 5. The summed E-state index contributed by atoms with van der Waals surface area (Å²) >= 11 is 13.4. The van der Waals surface area contributed by atoms with E-state index in [0.29, 0.717) is 25.9 Å². The highest BCUT2D eigenvalue weighted by atomic mass is 35.5. The van der Waals surface area contributed by atoms with Crippen LogP contribution in [0.25, 0.3) is 6.08 Å². The number of thioether (sulfide) groups is 1. The minimum atomic E-state index is -1.00. The van der Waals surface area contributed by atoms with Gasteiger partial charge in [0.05, 0.1) is 32.7 Å². The summed E-state index contributed by atoms with van der Waals surface area (Å²) in [5.74, 6) is -0.601. The molecular weight excluding hydrogens is 567 g/mol. The Morgan fingerprint density at radius 3 is 2.33 bits per heavy atom. The van der Waals surface area contributed by atoms with E-state index < -0.39 is 5.97 Å². The van der Waals surface area contributed by atoms with E-state index >= 15 is 0 Å². The van der Waals surface area contributed by atoms with Gasteiger partial charge in [0.1, 0.15) is 12.4 Å². The zero-order valence-electron chi connectivity index (χ0n) is 21.0. The Bertz CT molecular complexity index is 1620. The number of hydrogen-bond donors (Lipinski definition) is 1. The second-order valence-corrected chi connectivity index (χ2v) is 10.6. The van der Waals surface area contributed by atoms with Gasteiger partial charge in [-0.2, -0.15) is 0 Å². The Balaban J connectivity index is 1.43. The molecule has 4 aromatic carbocycles. The van der Waals surface area contributed by atoms with Crippen LogP contribution in [-0.4, -0.2) is 27.1 Å². The Hall–Kier alpha value is -4.04. The van der Waals surface area contributed by atoms with E-state index in [9.17, 15) is 14.7 Å². The number of aromatic carboxylic acids is 1. The molecule has 1 fully saturated rings. The number of para-hydroxylation sites is 2. The van der Waals surface area contributed by atoms with Crippen LogP contribution in [0.2, 0.25) is 10.0 Å². The van der Waals surface area contributed by atoms with E-state index in [0.717, 1.165) is 22.4 Å². The quantitative estimate of drug-likeness (QED) is 0.210. The first-order valence-corrected chi connectivity index (χ1v) is 13.8. The summed E-state index contributed by atoms with van der Waals surface area (Å²) in [6, 6.07) is 28.7. The summed E-state index contributed by atoms with van der Waals surface area (Å²) in [5, 5.41) is 10.7. The molecule has 0 spiro atoms. The number of nitrogens with zero attached hydrogens (tertiary/aromatic N) is 2. The fraction of sp³-hybridized carbons (Fsp3) is 0.0645. The molecule has 0 aromatic heterocycles. The van der Waals surface area contributed by atoms with Gasteiger partial charge in [-0.1, -0.05) is 77.8 Å². The number of rotatable bonds is 8. The van der Waals surface area contributed by atoms with Gasteiger partial charge in [0.2, 0.25) is 0 Å². The van der Waals surface area contributed by atoms with Gasteiger partial charge in [0, 0.05) is 5.56 Å². The van der Waals surface area contributed by atoms with Gasteiger partial charge < -0.3 is 9.84 Å². The lowest BCUT2D eigenvalue weighted by Gasteiger charge is -2.16. The summed E-state index contributed by atoms with van der Waals surface area (Å²) in [6.45, 7) is 0.515. The molecule has 1 aliphatic heterocycles. The second kappa shape index (κ2) is 12.4. The van der Waals surface area contributed by atoms with Crippen molar-refractivity contribution in [3.05, 3.63) is 134 Å². The van der Waals surface area contributed by atoms with Crippen molar-refractivity contribution in [2.75, 3.05) is 0 Å². The number of halogens is 2. The first-order chi connectivity index (χ1) is 19.4. The van der Waals surface area contributed by atoms with Crippen LogP contribution in [-0.2, 0) is 17.9 Å². The lowest BCUT2D eigenvalue weighted by molar-refractivity contribution is -0.122. The van der Waals surface area contributed by atoms with Crippen molar-refractivity contribution in [3.63, 3.8) is 0 Å². The number of carbonyl (C=O) groups is 2. The summed E-state index contributed by atoms with van der Waals surface area (Å²) in [6.07, 6.45) is 1.80. The van der Waals surface area contributed by atoms with Crippen LogP contribution in [0.4, 0.5) is 5.69 Å². The molecule has 6 nitrogen and oxygen atoms in total. The number of carboxylic acids is 1. The van der Waals surface area contributed by atoms with Crippen LogP contribution in [0.3, 0.4) is 0 Å². The molecule has 1 heterocycles. The first-order valence-electron chi connectivity index (χ1n) is 12.2. The smallest absolute Gasteiger partial charge is 0.335 e. The average molecular weight is 590 g/mol. The van der Waals surface area contributed by atoms with Crippen molar-refractivity contribution in [2.45, 2.75) is 13.2 Å². The maximum atomic E-state index is 13.6. The van der Waals surface area contributed by atoms with Crippen molar-refractivity contribution in [2.24, 2.45) is 4.99 Å². The van der Waals surface area contributed by atoms with Gasteiger partial charge >= 0.3 is 5.97 Å². The molecule has 5 rings (SSSR count). The number of carboxylic acid groups (broad SMARTS) is 1. The molecule has 0 unspecified atom stereocenters. The first kappa shape index (κ1) is 27.5. The Kier molecular flexibility index (Phi) is 8.55. The highest BCUT2D eigenvalue weighted by molar-refractivity contribution is 8.18. The van der Waals surface area contributed by atoms with Gasteiger partial charge in [-0.3, -0.25) is 9.69 Å². The van der Waals surface area contributed by atoms with Crippen LogP contribution >= 0.6 is 35.0 Å². The fourth-order valence-corrected chi connectivity index (χ4v) is 5.25. The largest absolute Gasteiger partial charge is 0.488 e. The molecule has 9 heteroatoms. The van der Waals surface area contributed by atoms with Gasteiger partial charge in [-0.25, -0.2) is 9.79 Å². The molecule has 0 bridgehead atoms. The second-order valence-electron chi connectivity index (χ2n) is 8.81. The lowest BCUT2D eigenvalue weighted by Crippen LogP contribution is -2.28. The molecule has 0 aliphatic carbocycles. The third-order valence-electron chi connectivity index (χ3n) is 5.99. The molecule has 1 amide bonds. The van der Waals surface area contributed by atoms with Crippen molar-refractivity contribution in [1.29, 1.82) is 0 Å². The Labute approximate surface area is 245 Å². The zero-order valence-corrected chi connectivity index (χ0v) is 23.3. The van der Waals surface area contributed by atoms with Crippen molar-refractivity contribution in [3.8, 4) is 5.75 Å². The predicted octanol–water partition coefficient (Wildman–Crippen LogP) is 8.07. The van der Waals surface area contributed by atoms with Crippen molar-refractivity contribution >= 4 is 63.8 Å². The van der Waals surface area contributed by atoms with Crippen LogP contribution in [0, 0.1) is 0 Å². The number of benzene rings is 4. The van der Waals surface area contributed by atoms with Gasteiger partial charge in [-0.05, 0) is 71.4 Å². The maximum absolute atomic E-state index is 13.6. The van der Waals surface area contributed by atoms with Crippen LogP contribution in [0.5, 0.6) is 5.75 Å². The monoisotopic (exact) mass is 588 g/mol. The van der Waals surface area contributed by atoms with E-state index in [1.54, 1.807) is 35.2 Å². The number of carbonyl (C=O) groups excluding carboxylic acids is 1. The van der Waals surface area contributed by atoms with Crippen molar-refractivity contribution in [1.82, 2.24) is 4.90 Å². The minimum absolute atomic E-state index is 0.183. The Morgan fingerprint density at radius 2 is 1.60 bits per heavy atom. The van der Waals surface area contributed by atoms with Gasteiger partial charge in [0.15, 0.2) is 5.17 Å². The number of amides is 1. The standard InChI is InChI=1S/C31H22Cl2N2O4S/c32-25-15-12-21(16-26(25)33)19-39-27-9-5-4-6-23(27)17-28-29(36)35(18-20-10-13-22(14-11-20)30(37)38)31(40-28)34-24-7-2-1-3-8-24/h1-17H,18-19H2,(H,37,38). The highest BCUT2D eigenvalue weighted by Crippen LogP contribution is 2.36. The number of ether oxygens (including phenoxy) is 1. The number of amidine groups is 1. The molecule has 4 aromatic rings. The summed E-state index contributed by atoms with van der Waals surface area (Å²) in [5.41, 5.74) is 3.29. The minimum Gasteiger partial charge on any atom is -0.488 e. The fourth-order valence-electron chi connectivity index (χ4n) is 3.94. The van der Waals surface area contributed by atoms with Gasteiger partial charge in [0.25, 0.3) is 5.91 Å². The van der Waals surface area contributed by atoms with Crippen molar-refractivity contribution < 1.29 is 19.4 Å². The third kappa shape index (κ3) is 6.57. The van der Waals surface area contributed by atoms with E-state index in [1.165, 1.54) is 23.9 Å². The molecule has 200 valence electrons. The van der Waals surface area contributed by atoms with E-state index in [1.807, 2.05) is 60.7 Å². The topological polar surface area (TPSA) is 79.2 Å². The highest BCUT2D eigenvalue weighted by Gasteiger charge is 2.33. The third-order valence-corrected chi connectivity index (χ3v) is 7.74. The lowest BCUT2D eigenvalue weighted by atomic mass is 10.1. The normalized spacial score (nSPS) is 15.2. The summed E-state index contributed by atoms with van der Waals surface area (Å²) in [4.78, 5) is 31.7. The molecule has 40 heavy (non-hydrogen) atoms. The van der Waals surface area contributed by atoms with E-state index in [-0.39, 0.29) is 24.6 Å². The summed E-state index contributed by atoms with van der Waals surface area (Å²) < 4.78 is 6.08. The molecule has 0 radical (unpaired) electrons. The molecule has 1 N–H and O–H groups in total. The SMILES string of the molecule is O=C(O)c1ccc(CN2C(=O)C(=Cc3ccccc3OCc3ccc(Cl)c(Cl)c3)SC2=Nc2ccccc2)cc1. The average Bonchev–Trinajstić information content (AvgIpc) is 3.24. The molecular formula is C31H22Cl2N2O4S. The predicted molar refractivity (Wildman–Crippen MR) is 160 cm³/mol. The molecule has 1 saturated heterocycles. The maximum Gasteiger partial charge on any atom is 0.335 e. The molecule has 0 atom stereocenters. The summed E-state index contributed by atoms with van der Waals surface area (Å²) in [7, 11) is 0. The zero-order chi connectivity index (χ0) is 28.1. The van der Waals surface area contributed by atoms with Crippen LogP contribution in [0.15, 0.2) is 107 Å². The van der Waals surface area contributed by atoms with Crippen LogP contribution < -0.4 is 4.74 Å². The molecule has 1 aliphatic rings. The van der Waals surface area contributed by atoms with Crippen LogP contribution in [0.1, 0.15) is 27.0 Å². The van der Waals surface area contributed by atoms with E-state index in [4.69, 9.17) is 32.9 Å². The van der Waals surface area contributed by atoms with E-state index in [2.05, 4.69) is 0 Å². The Morgan fingerprint density at radius 1 is 0.900 bits per heavy atom. The van der Waals surface area contributed by atoms with Gasteiger partial charge in [-0.15, -0.1) is 0 Å². The number of aliphatic imine (C=N–C) groups is 1. The molecule has 0 saturated carbocycles.